The molecule has 4 rings (SSSR count). The summed E-state index contributed by atoms with van der Waals surface area (Å²) in [5, 5.41) is 17.0. The molecule has 2 heterocycles. The van der Waals surface area contributed by atoms with Crippen LogP contribution in [0.1, 0.15) is 42.3 Å². The normalized spacial score (nSPS) is 16.7. The first-order chi connectivity index (χ1) is 18.7. The fourth-order valence-corrected chi connectivity index (χ4v) is 4.94. The topological polar surface area (TPSA) is 163 Å². The fraction of sp³-hybridized carbons (Fsp3) is 0.333. The zero-order chi connectivity index (χ0) is 29.4. The molecule has 1 saturated heterocycles. The number of primary sulfonamides is 1. The van der Waals surface area contributed by atoms with E-state index in [-0.39, 0.29) is 37.1 Å². The highest BCUT2D eigenvalue weighted by Crippen LogP contribution is 2.31. The molecule has 0 radical (unpaired) electrons. The van der Waals surface area contributed by atoms with E-state index in [0.29, 0.717) is 23.4 Å². The Morgan fingerprint density at radius 1 is 1.18 bits per heavy atom. The number of ether oxygens (including phenoxy) is 1. The largest absolute Gasteiger partial charge is 0.444 e. The summed E-state index contributed by atoms with van der Waals surface area (Å²) in [5.41, 5.74) is 1.38. The SMILES string of the molecule is CC(C)(C)C(=O)Nc1cc(C#N)ccc1COC(=O)N1CC2=CN(C(=O)c3ccc(S(N)(=O)=O)c(F)c3)C[C@H]2C1. The van der Waals surface area contributed by atoms with E-state index in [9.17, 15) is 32.5 Å². The predicted octanol–water partition coefficient (Wildman–Crippen LogP) is 2.94. The average molecular weight is 570 g/mol. The van der Waals surface area contributed by atoms with Crippen molar-refractivity contribution in [1.29, 1.82) is 5.26 Å². The predicted molar refractivity (Wildman–Crippen MR) is 141 cm³/mol. The molecule has 13 heteroatoms. The standard InChI is InChI=1S/C27H28FN5O6S/c1-27(2,3)25(35)31-22-8-16(10-29)4-5-18(22)15-39-26(36)33-13-19-11-32(12-20(19)14-33)24(34)17-6-7-23(21(28)9-17)40(30,37)38/h4-9,11,20H,12-15H2,1-3H3,(H,31,35)(H2,30,37,38)/t20-/m0/s1. The van der Waals surface area contributed by atoms with E-state index in [0.717, 1.165) is 17.7 Å². The van der Waals surface area contributed by atoms with Gasteiger partial charge in [0.1, 0.15) is 17.3 Å². The quantitative estimate of drug-likeness (QED) is 0.559. The van der Waals surface area contributed by atoms with Gasteiger partial charge < -0.3 is 19.9 Å². The number of carbonyl (C=O) groups excluding carboxylic acids is 3. The van der Waals surface area contributed by atoms with E-state index in [4.69, 9.17) is 9.88 Å². The number of anilines is 1. The average Bonchev–Trinajstić information content (AvgIpc) is 3.45. The van der Waals surface area contributed by atoms with Gasteiger partial charge >= 0.3 is 6.09 Å². The van der Waals surface area contributed by atoms with Gasteiger partial charge in [0.2, 0.25) is 15.9 Å². The molecule has 3 amide bonds. The number of benzene rings is 2. The van der Waals surface area contributed by atoms with E-state index in [2.05, 4.69) is 5.32 Å². The number of fused-ring (bicyclic) bond motifs is 1. The number of nitrogens with two attached hydrogens (primary N) is 1. The molecule has 11 nitrogen and oxygen atoms in total. The maximum absolute atomic E-state index is 14.2. The van der Waals surface area contributed by atoms with Gasteiger partial charge in [0.15, 0.2) is 0 Å². The first kappa shape index (κ1) is 28.7. The fourth-order valence-electron chi connectivity index (χ4n) is 4.35. The number of hydrogen-bond acceptors (Lipinski definition) is 7. The Balaban J connectivity index is 1.39. The molecule has 0 spiro atoms. The van der Waals surface area contributed by atoms with Gasteiger partial charge in [-0.2, -0.15) is 5.26 Å². The molecule has 1 atom stereocenters. The van der Waals surface area contributed by atoms with Gasteiger partial charge in [0.05, 0.1) is 11.6 Å². The smallest absolute Gasteiger partial charge is 0.410 e. The molecule has 2 aromatic rings. The van der Waals surface area contributed by atoms with Gasteiger partial charge in [-0.15, -0.1) is 0 Å². The molecule has 0 bridgehead atoms. The number of likely N-dealkylation sites (tertiary alicyclic amines) is 1. The number of amides is 3. The van der Waals surface area contributed by atoms with Crippen molar-refractivity contribution in [3.8, 4) is 6.07 Å². The van der Waals surface area contributed by atoms with Gasteiger partial charge in [-0.3, -0.25) is 9.59 Å². The number of sulfonamides is 1. The molecule has 2 aromatic carbocycles. The lowest BCUT2D eigenvalue weighted by Crippen LogP contribution is -2.33. The second-order valence-electron chi connectivity index (χ2n) is 10.7. The molecule has 2 aliphatic heterocycles. The number of hydrogen-bond donors (Lipinski definition) is 2. The van der Waals surface area contributed by atoms with Gasteiger partial charge in [0.25, 0.3) is 5.91 Å². The van der Waals surface area contributed by atoms with Crippen LogP contribution in [-0.4, -0.2) is 55.8 Å². The monoisotopic (exact) mass is 569 g/mol. The third-order valence-corrected chi connectivity index (χ3v) is 7.55. The van der Waals surface area contributed by atoms with Gasteiger partial charge in [0, 0.05) is 54.0 Å². The van der Waals surface area contributed by atoms with Gasteiger partial charge in [-0.05, 0) is 35.9 Å². The van der Waals surface area contributed by atoms with Crippen molar-refractivity contribution in [2.75, 3.05) is 25.0 Å². The Bertz CT molecular complexity index is 1570. The number of carbonyl (C=O) groups is 3. The molecule has 3 N–H and O–H groups in total. The zero-order valence-electron chi connectivity index (χ0n) is 22.1. The van der Waals surface area contributed by atoms with Crippen LogP contribution >= 0.6 is 0 Å². The molecular formula is C27H28FN5O6S. The van der Waals surface area contributed by atoms with E-state index >= 15 is 0 Å². The minimum absolute atomic E-state index is 0.0326. The number of halogens is 1. The Hall–Kier alpha value is -4.28. The minimum Gasteiger partial charge on any atom is -0.444 e. The Kier molecular flexibility index (Phi) is 7.69. The van der Waals surface area contributed by atoms with Crippen molar-refractivity contribution < 1.29 is 31.9 Å². The first-order valence-electron chi connectivity index (χ1n) is 12.3. The van der Waals surface area contributed by atoms with Crippen LogP contribution in [0, 0.1) is 28.5 Å². The maximum Gasteiger partial charge on any atom is 0.410 e. The highest BCUT2D eigenvalue weighted by molar-refractivity contribution is 7.89. The lowest BCUT2D eigenvalue weighted by atomic mass is 9.95. The summed E-state index contributed by atoms with van der Waals surface area (Å²) >= 11 is 0. The minimum atomic E-state index is -4.25. The maximum atomic E-state index is 14.2. The first-order valence-corrected chi connectivity index (χ1v) is 13.8. The third-order valence-electron chi connectivity index (χ3n) is 6.60. The van der Waals surface area contributed by atoms with Gasteiger partial charge in [-0.1, -0.05) is 26.8 Å². The van der Waals surface area contributed by atoms with Crippen molar-refractivity contribution in [3.05, 3.63) is 70.7 Å². The van der Waals surface area contributed by atoms with Crippen LogP contribution in [0.15, 0.2) is 53.1 Å². The molecule has 1 fully saturated rings. The van der Waals surface area contributed by atoms with Crippen molar-refractivity contribution >= 4 is 33.6 Å². The van der Waals surface area contributed by atoms with Crippen LogP contribution in [0.25, 0.3) is 0 Å². The third kappa shape index (κ3) is 6.13. The molecule has 0 aromatic heterocycles. The molecular weight excluding hydrogens is 541 g/mol. The zero-order valence-corrected chi connectivity index (χ0v) is 22.9. The second kappa shape index (κ2) is 10.7. The lowest BCUT2D eigenvalue weighted by Gasteiger charge is -2.21. The summed E-state index contributed by atoms with van der Waals surface area (Å²) < 4.78 is 42.5. The summed E-state index contributed by atoms with van der Waals surface area (Å²) in [6, 6.07) is 9.72. The summed E-state index contributed by atoms with van der Waals surface area (Å²) in [6.45, 7) is 5.93. The molecule has 2 aliphatic rings. The van der Waals surface area contributed by atoms with Crippen LogP contribution in [0.2, 0.25) is 0 Å². The molecule has 0 unspecified atom stereocenters. The van der Waals surface area contributed by atoms with Crippen molar-refractivity contribution in [3.63, 3.8) is 0 Å². The van der Waals surface area contributed by atoms with Crippen molar-refractivity contribution in [2.24, 2.45) is 16.5 Å². The van der Waals surface area contributed by atoms with Crippen LogP contribution < -0.4 is 10.5 Å². The highest BCUT2D eigenvalue weighted by atomic mass is 32.2. The van der Waals surface area contributed by atoms with E-state index in [1.165, 1.54) is 21.9 Å². The molecule has 40 heavy (non-hydrogen) atoms. The van der Waals surface area contributed by atoms with Crippen molar-refractivity contribution in [1.82, 2.24) is 9.80 Å². The van der Waals surface area contributed by atoms with Crippen molar-refractivity contribution in [2.45, 2.75) is 32.3 Å². The lowest BCUT2D eigenvalue weighted by molar-refractivity contribution is -0.123. The van der Waals surface area contributed by atoms with Crippen LogP contribution in [0.3, 0.4) is 0 Å². The number of rotatable bonds is 5. The van der Waals surface area contributed by atoms with Gasteiger partial charge in [-0.25, -0.2) is 22.7 Å². The second-order valence-corrected chi connectivity index (χ2v) is 12.2. The number of nitrogens with zero attached hydrogens (tertiary/aromatic N) is 3. The summed E-state index contributed by atoms with van der Waals surface area (Å²) in [7, 11) is -4.25. The van der Waals surface area contributed by atoms with E-state index in [1.54, 1.807) is 39.1 Å². The van der Waals surface area contributed by atoms with Crippen LogP contribution in [-0.2, 0) is 26.2 Å². The summed E-state index contributed by atoms with van der Waals surface area (Å²) in [5.74, 6) is -2.02. The molecule has 0 aliphatic carbocycles. The highest BCUT2D eigenvalue weighted by Gasteiger charge is 2.38. The number of nitriles is 1. The van der Waals surface area contributed by atoms with E-state index < -0.39 is 38.2 Å². The summed E-state index contributed by atoms with van der Waals surface area (Å²) in [4.78, 5) is 40.4. The van der Waals surface area contributed by atoms with Crippen LogP contribution in [0.4, 0.5) is 14.9 Å². The summed E-state index contributed by atoms with van der Waals surface area (Å²) in [6.07, 6.45) is 1.03. The Labute approximate surface area is 231 Å². The van der Waals surface area contributed by atoms with Crippen LogP contribution in [0.5, 0.6) is 0 Å². The number of nitrogens with one attached hydrogen (secondary N) is 1. The Morgan fingerprint density at radius 3 is 2.50 bits per heavy atom. The Morgan fingerprint density at radius 2 is 1.90 bits per heavy atom. The molecule has 210 valence electrons. The van der Waals surface area contributed by atoms with E-state index in [1.807, 2.05) is 6.07 Å². The molecule has 0 saturated carbocycles.